The van der Waals surface area contributed by atoms with Crippen molar-refractivity contribution in [3.05, 3.63) is 34.9 Å². The smallest absolute Gasteiger partial charge is 0.262 e. The summed E-state index contributed by atoms with van der Waals surface area (Å²) >= 11 is 0. The Kier molecular flexibility index (Phi) is 4.74. The van der Waals surface area contributed by atoms with Gasteiger partial charge in [-0.1, -0.05) is 12.1 Å². The molecule has 9 nitrogen and oxygen atoms in total. The number of nitrogens with zero attached hydrogens (tertiary/aromatic N) is 1. The van der Waals surface area contributed by atoms with Crippen molar-refractivity contribution in [1.29, 1.82) is 0 Å². The Morgan fingerprint density at radius 1 is 1.21 bits per heavy atom. The van der Waals surface area contributed by atoms with E-state index >= 15 is 0 Å². The molecule has 4 N–H and O–H groups in total. The lowest BCUT2D eigenvalue weighted by Crippen LogP contribution is -2.54. The number of piperidine rings is 1. The summed E-state index contributed by atoms with van der Waals surface area (Å²) in [6.45, 7) is 2.75. The van der Waals surface area contributed by atoms with Gasteiger partial charge in [0.2, 0.25) is 11.8 Å². The maximum absolute atomic E-state index is 13.0. The third kappa shape index (κ3) is 3.01. The summed E-state index contributed by atoms with van der Waals surface area (Å²) < 4.78 is 5.25. The van der Waals surface area contributed by atoms with Crippen LogP contribution in [0.4, 0.5) is 0 Å². The Bertz CT molecular complexity index is 858. The van der Waals surface area contributed by atoms with E-state index < -0.39 is 29.7 Å². The van der Waals surface area contributed by atoms with Crippen molar-refractivity contribution in [2.45, 2.75) is 25.4 Å². The van der Waals surface area contributed by atoms with Crippen LogP contribution in [-0.4, -0.2) is 60.9 Å². The topological polar surface area (TPSA) is 131 Å². The third-order valence-electron chi connectivity index (χ3n) is 5.62. The lowest BCUT2D eigenvalue weighted by molar-refractivity contribution is -0.136. The first-order valence-corrected chi connectivity index (χ1v) is 9.28. The molecule has 9 heteroatoms. The summed E-state index contributed by atoms with van der Waals surface area (Å²) in [7, 11) is 0. The van der Waals surface area contributed by atoms with Crippen LogP contribution in [-0.2, 0) is 20.9 Å². The number of hydrogen-bond acceptors (Lipinski definition) is 7. The van der Waals surface area contributed by atoms with Gasteiger partial charge in [0.1, 0.15) is 6.04 Å². The fraction of sp³-hybridized carbons (Fsp3) is 0.474. The van der Waals surface area contributed by atoms with Gasteiger partial charge in [0.15, 0.2) is 0 Å². The first-order chi connectivity index (χ1) is 13.5. The second-order valence-corrected chi connectivity index (χ2v) is 7.59. The van der Waals surface area contributed by atoms with Crippen LogP contribution in [0, 0.1) is 5.41 Å². The Morgan fingerprint density at radius 2 is 2.00 bits per heavy atom. The molecule has 0 aromatic heterocycles. The summed E-state index contributed by atoms with van der Waals surface area (Å²) in [4.78, 5) is 50.3. The van der Waals surface area contributed by atoms with Crippen LogP contribution in [0.3, 0.4) is 0 Å². The Hall–Kier alpha value is -2.62. The minimum atomic E-state index is -0.960. The van der Waals surface area contributed by atoms with E-state index in [0.717, 1.165) is 4.90 Å². The van der Waals surface area contributed by atoms with E-state index in [0.29, 0.717) is 44.0 Å². The average molecular weight is 386 g/mol. The molecule has 1 unspecified atom stereocenters. The molecule has 28 heavy (non-hydrogen) atoms. The van der Waals surface area contributed by atoms with Gasteiger partial charge < -0.3 is 15.8 Å². The molecule has 4 rings (SSSR count). The number of amides is 4. The van der Waals surface area contributed by atoms with Gasteiger partial charge in [-0.05, 0) is 18.1 Å². The number of imide groups is 2. The molecule has 4 amide bonds. The number of rotatable bonds is 6. The number of benzene rings is 1. The van der Waals surface area contributed by atoms with E-state index in [-0.39, 0.29) is 23.8 Å². The highest BCUT2D eigenvalue weighted by Gasteiger charge is 2.45. The molecule has 1 aromatic carbocycles. The van der Waals surface area contributed by atoms with E-state index in [1.165, 1.54) is 0 Å². The first-order valence-electron chi connectivity index (χ1n) is 9.28. The van der Waals surface area contributed by atoms with E-state index in [1.807, 2.05) is 0 Å². The van der Waals surface area contributed by atoms with Crippen molar-refractivity contribution in [3.8, 4) is 0 Å². The predicted molar refractivity (Wildman–Crippen MR) is 97.1 cm³/mol. The maximum atomic E-state index is 13.0. The molecule has 2 saturated heterocycles. The van der Waals surface area contributed by atoms with Crippen molar-refractivity contribution < 1.29 is 23.9 Å². The van der Waals surface area contributed by atoms with Gasteiger partial charge >= 0.3 is 0 Å². The second-order valence-electron chi connectivity index (χ2n) is 7.59. The summed E-state index contributed by atoms with van der Waals surface area (Å²) in [5.41, 5.74) is 7.02. The highest BCUT2D eigenvalue weighted by atomic mass is 16.5. The largest absolute Gasteiger partial charge is 0.380 e. The standard InChI is InChI=1S/C19H22N4O5/c20-7-19(9-28-10-19)8-21-6-11-2-1-3-12-15(11)18(27)23(17(12)26)13-4-5-14(24)22-16(13)25/h1-3,13,21H,4-10,20H2,(H,22,24,25). The van der Waals surface area contributed by atoms with Crippen molar-refractivity contribution in [2.75, 3.05) is 26.3 Å². The van der Waals surface area contributed by atoms with E-state index in [2.05, 4.69) is 10.6 Å². The number of nitrogens with two attached hydrogens (primary N) is 1. The summed E-state index contributed by atoms with van der Waals surface area (Å²) in [6.07, 6.45) is 0.240. The fourth-order valence-corrected chi connectivity index (χ4v) is 3.88. The second kappa shape index (κ2) is 7.08. The minimum absolute atomic E-state index is 0.0868. The van der Waals surface area contributed by atoms with Crippen LogP contribution in [0.1, 0.15) is 39.1 Å². The van der Waals surface area contributed by atoms with E-state index in [1.54, 1.807) is 18.2 Å². The van der Waals surface area contributed by atoms with E-state index in [4.69, 9.17) is 10.5 Å². The molecule has 3 heterocycles. The summed E-state index contributed by atoms with van der Waals surface area (Å²) in [5, 5.41) is 5.50. The van der Waals surface area contributed by atoms with Gasteiger partial charge in [-0.3, -0.25) is 29.4 Å². The molecule has 3 aliphatic heterocycles. The average Bonchev–Trinajstić information content (AvgIpc) is 2.89. The molecule has 1 atom stereocenters. The Labute approximate surface area is 161 Å². The van der Waals surface area contributed by atoms with Crippen molar-refractivity contribution in [1.82, 2.24) is 15.5 Å². The number of nitrogens with one attached hydrogen (secondary N) is 2. The minimum Gasteiger partial charge on any atom is -0.380 e. The number of ether oxygens (including phenoxy) is 1. The van der Waals surface area contributed by atoms with Gasteiger partial charge in [-0.2, -0.15) is 0 Å². The zero-order chi connectivity index (χ0) is 19.9. The van der Waals surface area contributed by atoms with Crippen molar-refractivity contribution >= 4 is 23.6 Å². The highest BCUT2D eigenvalue weighted by Crippen LogP contribution is 2.30. The maximum Gasteiger partial charge on any atom is 0.262 e. The molecule has 0 spiro atoms. The lowest BCUT2D eigenvalue weighted by atomic mass is 9.86. The van der Waals surface area contributed by atoms with Gasteiger partial charge in [0.25, 0.3) is 11.8 Å². The van der Waals surface area contributed by atoms with Gasteiger partial charge in [0, 0.05) is 31.5 Å². The van der Waals surface area contributed by atoms with Crippen molar-refractivity contribution in [2.24, 2.45) is 11.1 Å². The van der Waals surface area contributed by atoms with Crippen molar-refractivity contribution in [3.63, 3.8) is 0 Å². The first kappa shape index (κ1) is 18.7. The number of fused-ring (bicyclic) bond motifs is 1. The monoisotopic (exact) mass is 386 g/mol. The van der Waals surface area contributed by atoms with Crippen LogP contribution < -0.4 is 16.4 Å². The lowest BCUT2D eigenvalue weighted by Gasteiger charge is -2.40. The molecule has 0 aliphatic carbocycles. The number of hydrogen-bond donors (Lipinski definition) is 3. The van der Waals surface area contributed by atoms with Crippen LogP contribution in [0.25, 0.3) is 0 Å². The van der Waals surface area contributed by atoms with Crippen LogP contribution in [0.15, 0.2) is 18.2 Å². The molecule has 0 saturated carbocycles. The summed E-state index contributed by atoms with van der Waals surface area (Å²) in [5.74, 6) is -1.99. The molecular formula is C19H22N4O5. The molecule has 1 aromatic rings. The molecule has 148 valence electrons. The van der Waals surface area contributed by atoms with E-state index in [9.17, 15) is 19.2 Å². The highest BCUT2D eigenvalue weighted by molar-refractivity contribution is 6.24. The number of carbonyl (C=O) groups is 4. The zero-order valence-electron chi connectivity index (χ0n) is 15.3. The molecular weight excluding hydrogens is 364 g/mol. The van der Waals surface area contributed by atoms with Crippen LogP contribution in [0.5, 0.6) is 0 Å². The van der Waals surface area contributed by atoms with Gasteiger partial charge in [-0.15, -0.1) is 0 Å². The predicted octanol–water partition coefficient (Wildman–Crippen LogP) is -0.847. The Balaban J connectivity index is 1.52. The quantitative estimate of drug-likeness (QED) is 0.543. The summed E-state index contributed by atoms with van der Waals surface area (Å²) in [6, 6.07) is 4.14. The molecule has 3 aliphatic rings. The normalized spacial score (nSPS) is 23.5. The SMILES string of the molecule is NCC1(CNCc2cccc3c2C(=O)N(C2CCC(=O)NC2=O)C3=O)COC1. The number of carbonyl (C=O) groups excluding carboxylic acids is 4. The molecule has 2 fully saturated rings. The Morgan fingerprint density at radius 3 is 2.64 bits per heavy atom. The fourth-order valence-electron chi connectivity index (χ4n) is 3.88. The van der Waals surface area contributed by atoms with Gasteiger partial charge in [-0.25, -0.2) is 0 Å². The molecule has 0 bridgehead atoms. The van der Waals surface area contributed by atoms with Gasteiger partial charge in [0.05, 0.1) is 24.3 Å². The molecule has 0 radical (unpaired) electrons. The zero-order valence-corrected chi connectivity index (χ0v) is 15.3. The van der Waals surface area contributed by atoms with Crippen LogP contribution >= 0.6 is 0 Å². The van der Waals surface area contributed by atoms with Crippen LogP contribution in [0.2, 0.25) is 0 Å². The third-order valence-corrected chi connectivity index (χ3v) is 5.62.